The van der Waals surface area contributed by atoms with Gasteiger partial charge in [-0.2, -0.15) is 0 Å². The van der Waals surface area contributed by atoms with E-state index in [1.54, 1.807) is 32.9 Å². The SMILES string of the molecule is CC(C)(C)NC(=O)NC(=O)COC(=O)/C=C/c1ccco1. The largest absolute Gasteiger partial charge is 0.465 e. The Morgan fingerprint density at radius 1 is 1.33 bits per heavy atom. The summed E-state index contributed by atoms with van der Waals surface area (Å²) in [4.78, 5) is 34.1. The normalized spacial score (nSPS) is 11.2. The van der Waals surface area contributed by atoms with E-state index < -0.39 is 30.1 Å². The molecule has 114 valence electrons. The summed E-state index contributed by atoms with van der Waals surface area (Å²) >= 11 is 0. The van der Waals surface area contributed by atoms with Crippen molar-refractivity contribution in [2.75, 3.05) is 6.61 Å². The molecule has 1 rings (SSSR count). The maximum atomic E-state index is 11.4. The Kier molecular flexibility index (Phi) is 5.71. The molecule has 21 heavy (non-hydrogen) atoms. The molecule has 1 aromatic heterocycles. The summed E-state index contributed by atoms with van der Waals surface area (Å²) in [5.74, 6) is -0.935. The van der Waals surface area contributed by atoms with Crippen LogP contribution in [-0.2, 0) is 14.3 Å². The Hall–Kier alpha value is -2.57. The predicted octanol–water partition coefficient (Wildman–Crippen LogP) is 1.46. The van der Waals surface area contributed by atoms with E-state index in [1.165, 1.54) is 12.3 Å². The van der Waals surface area contributed by atoms with E-state index in [-0.39, 0.29) is 0 Å². The number of urea groups is 1. The van der Waals surface area contributed by atoms with Gasteiger partial charge in [0.15, 0.2) is 6.61 Å². The Morgan fingerprint density at radius 2 is 2.05 bits per heavy atom. The molecule has 0 aliphatic rings. The third-order valence-electron chi connectivity index (χ3n) is 2.01. The van der Waals surface area contributed by atoms with Crippen LogP contribution >= 0.6 is 0 Å². The summed E-state index contributed by atoms with van der Waals surface area (Å²) in [6.07, 6.45) is 4.00. The summed E-state index contributed by atoms with van der Waals surface area (Å²) in [7, 11) is 0. The van der Waals surface area contributed by atoms with Crippen LogP contribution in [0.5, 0.6) is 0 Å². The molecule has 0 spiro atoms. The lowest BCUT2D eigenvalue weighted by Crippen LogP contribution is -2.49. The standard InChI is InChI=1S/C14H18N2O5/c1-14(2,3)16-13(19)15-11(17)9-21-12(18)7-6-10-5-4-8-20-10/h4-8H,9H2,1-3H3,(H2,15,16,17,19)/b7-6+. The number of ether oxygens (including phenoxy) is 1. The number of hydrogen-bond acceptors (Lipinski definition) is 5. The molecule has 0 aliphatic carbocycles. The van der Waals surface area contributed by atoms with Gasteiger partial charge in [0.05, 0.1) is 6.26 Å². The Bertz CT molecular complexity index is 526. The zero-order valence-electron chi connectivity index (χ0n) is 12.1. The Morgan fingerprint density at radius 3 is 2.62 bits per heavy atom. The summed E-state index contributed by atoms with van der Waals surface area (Å²) < 4.78 is 9.66. The highest BCUT2D eigenvalue weighted by atomic mass is 16.5. The maximum absolute atomic E-state index is 11.4. The first-order valence-corrected chi connectivity index (χ1v) is 6.26. The molecule has 0 aliphatic heterocycles. The summed E-state index contributed by atoms with van der Waals surface area (Å²) in [6.45, 7) is 4.78. The van der Waals surface area contributed by atoms with Gasteiger partial charge in [-0.3, -0.25) is 10.1 Å². The highest BCUT2D eigenvalue weighted by Gasteiger charge is 2.16. The van der Waals surface area contributed by atoms with Crippen LogP contribution in [0, 0.1) is 0 Å². The van der Waals surface area contributed by atoms with E-state index in [0.29, 0.717) is 5.76 Å². The molecule has 0 saturated heterocycles. The van der Waals surface area contributed by atoms with E-state index in [9.17, 15) is 14.4 Å². The van der Waals surface area contributed by atoms with Gasteiger partial charge in [-0.25, -0.2) is 9.59 Å². The van der Waals surface area contributed by atoms with Gasteiger partial charge in [-0.05, 0) is 39.0 Å². The molecule has 0 aromatic carbocycles. The second-order valence-corrected chi connectivity index (χ2v) is 5.21. The van der Waals surface area contributed by atoms with Crippen molar-refractivity contribution in [2.24, 2.45) is 0 Å². The third kappa shape index (κ3) is 7.56. The predicted molar refractivity (Wildman–Crippen MR) is 75.1 cm³/mol. The number of esters is 1. The van der Waals surface area contributed by atoms with Gasteiger partial charge in [-0.15, -0.1) is 0 Å². The summed E-state index contributed by atoms with van der Waals surface area (Å²) in [6, 6.07) is 2.69. The molecular weight excluding hydrogens is 276 g/mol. The maximum Gasteiger partial charge on any atom is 0.331 e. The van der Waals surface area contributed by atoms with Crippen molar-refractivity contribution < 1.29 is 23.5 Å². The fraction of sp³-hybridized carbons (Fsp3) is 0.357. The van der Waals surface area contributed by atoms with Gasteiger partial charge in [0.1, 0.15) is 5.76 Å². The van der Waals surface area contributed by atoms with E-state index in [1.807, 2.05) is 0 Å². The van der Waals surface area contributed by atoms with Gasteiger partial charge in [0.2, 0.25) is 0 Å². The lowest BCUT2D eigenvalue weighted by molar-refractivity contribution is -0.143. The number of rotatable bonds is 4. The summed E-state index contributed by atoms with van der Waals surface area (Å²) in [5, 5.41) is 4.60. The molecular formula is C14H18N2O5. The second-order valence-electron chi connectivity index (χ2n) is 5.21. The molecule has 3 amide bonds. The number of carbonyl (C=O) groups excluding carboxylic acids is 3. The van der Waals surface area contributed by atoms with Crippen LogP contribution < -0.4 is 10.6 Å². The van der Waals surface area contributed by atoms with Crippen LogP contribution in [0.1, 0.15) is 26.5 Å². The smallest absolute Gasteiger partial charge is 0.331 e. The van der Waals surface area contributed by atoms with Gasteiger partial charge >= 0.3 is 12.0 Å². The van der Waals surface area contributed by atoms with Gasteiger partial charge in [-0.1, -0.05) is 0 Å². The van der Waals surface area contributed by atoms with Crippen molar-refractivity contribution in [1.82, 2.24) is 10.6 Å². The lowest BCUT2D eigenvalue weighted by atomic mass is 10.1. The van der Waals surface area contributed by atoms with Crippen LogP contribution in [0.15, 0.2) is 28.9 Å². The monoisotopic (exact) mass is 294 g/mol. The quantitative estimate of drug-likeness (QED) is 0.647. The van der Waals surface area contributed by atoms with E-state index in [2.05, 4.69) is 15.4 Å². The number of imide groups is 1. The number of amides is 3. The number of furan rings is 1. The van der Waals surface area contributed by atoms with Crippen molar-refractivity contribution in [1.29, 1.82) is 0 Å². The van der Waals surface area contributed by atoms with E-state index in [0.717, 1.165) is 6.08 Å². The molecule has 1 heterocycles. The first-order valence-electron chi connectivity index (χ1n) is 6.26. The van der Waals surface area contributed by atoms with Gasteiger partial charge in [0.25, 0.3) is 5.91 Å². The Labute approximate surface area is 122 Å². The van der Waals surface area contributed by atoms with Gasteiger partial charge < -0.3 is 14.5 Å². The first-order chi connectivity index (χ1) is 9.76. The molecule has 0 fully saturated rings. The minimum absolute atomic E-state index is 0.465. The van der Waals surface area contributed by atoms with Crippen molar-refractivity contribution in [2.45, 2.75) is 26.3 Å². The molecule has 0 saturated carbocycles. The average molecular weight is 294 g/mol. The minimum atomic E-state index is -0.712. The molecule has 7 heteroatoms. The molecule has 1 aromatic rings. The molecule has 0 bridgehead atoms. The molecule has 0 unspecified atom stereocenters. The summed E-state index contributed by atoms with van der Waals surface area (Å²) in [5.41, 5.74) is -0.465. The highest BCUT2D eigenvalue weighted by Crippen LogP contribution is 2.02. The minimum Gasteiger partial charge on any atom is -0.465 e. The van der Waals surface area contributed by atoms with Gasteiger partial charge in [0, 0.05) is 11.6 Å². The molecule has 7 nitrogen and oxygen atoms in total. The number of hydrogen-bond donors (Lipinski definition) is 2. The zero-order valence-corrected chi connectivity index (χ0v) is 12.1. The topological polar surface area (TPSA) is 97.6 Å². The first kappa shape index (κ1) is 16.5. The fourth-order valence-corrected chi connectivity index (χ4v) is 1.26. The average Bonchev–Trinajstić information content (AvgIpc) is 2.84. The van der Waals surface area contributed by atoms with Crippen molar-refractivity contribution in [3.8, 4) is 0 Å². The number of carbonyl (C=O) groups is 3. The van der Waals surface area contributed by atoms with Crippen LogP contribution in [-0.4, -0.2) is 30.1 Å². The number of nitrogens with one attached hydrogen (secondary N) is 2. The zero-order chi connectivity index (χ0) is 15.9. The van der Waals surface area contributed by atoms with Crippen molar-refractivity contribution in [3.05, 3.63) is 30.2 Å². The van der Waals surface area contributed by atoms with Crippen LogP contribution in [0.3, 0.4) is 0 Å². The van der Waals surface area contributed by atoms with E-state index in [4.69, 9.17) is 4.42 Å². The van der Waals surface area contributed by atoms with Crippen molar-refractivity contribution >= 4 is 24.0 Å². The molecule has 2 N–H and O–H groups in total. The van der Waals surface area contributed by atoms with E-state index >= 15 is 0 Å². The van der Waals surface area contributed by atoms with Crippen molar-refractivity contribution in [3.63, 3.8) is 0 Å². The molecule has 0 atom stereocenters. The Balaban J connectivity index is 2.29. The highest BCUT2D eigenvalue weighted by molar-refractivity contribution is 5.96. The van der Waals surface area contributed by atoms with Crippen LogP contribution in [0.25, 0.3) is 6.08 Å². The third-order valence-corrected chi connectivity index (χ3v) is 2.01. The lowest BCUT2D eigenvalue weighted by Gasteiger charge is -2.20. The van der Waals surface area contributed by atoms with Crippen LogP contribution in [0.4, 0.5) is 4.79 Å². The van der Waals surface area contributed by atoms with Crippen LogP contribution in [0.2, 0.25) is 0 Å². The fourth-order valence-electron chi connectivity index (χ4n) is 1.26. The molecule has 0 radical (unpaired) electrons. The second kappa shape index (κ2) is 7.28.